The van der Waals surface area contributed by atoms with E-state index in [1.165, 1.54) is 0 Å². The van der Waals surface area contributed by atoms with Crippen molar-refractivity contribution < 1.29 is 18.0 Å². The Hall–Kier alpha value is -1.64. The number of aromatic nitrogens is 3. The summed E-state index contributed by atoms with van der Waals surface area (Å²) in [6, 6.07) is 0. The van der Waals surface area contributed by atoms with E-state index >= 15 is 0 Å². The van der Waals surface area contributed by atoms with Crippen LogP contribution in [-0.4, -0.2) is 38.7 Å². The van der Waals surface area contributed by atoms with Crippen LogP contribution in [0.3, 0.4) is 0 Å². The van der Waals surface area contributed by atoms with Crippen molar-refractivity contribution in [2.45, 2.75) is 38.5 Å². The summed E-state index contributed by atoms with van der Waals surface area (Å²) in [4.78, 5) is 14.2. The zero-order chi connectivity index (χ0) is 15.9. The topological polar surface area (TPSA) is 77.0 Å². The summed E-state index contributed by atoms with van der Waals surface area (Å²) in [5.41, 5.74) is 5.70. The molecule has 6 nitrogen and oxygen atoms in total. The largest absolute Gasteiger partial charge is 0.451 e. The fraction of sp³-hybridized carbons (Fsp3) is 0.769. The minimum absolute atomic E-state index is 0.0178. The highest BCUT2D eigenvalue weighted by molar-refractivity contribution is 5.79. The van der Waals surface area contributed by atoms with E-state index in [1.807, 2.05) is 0 Å². The van der Waals surface area contributed by atoms with Gasteiger partial charge in [0.05, 0.1) is 6.54 Å². The summed E-state index contributed by atoms with van der Waals surface area (Å²) >= 11 is 0. The maximum Gasteiger partial charge on any atom is 0.451 e. The second-order valence-electron chi connectivity index (χ2n) is 5.88. The van der Waals surface area contributed by atoms with E-state index < -0.39 is 12.0 Å². The lowest BCUT2D eigenvalue weighted by Crippen LogP contribution is -2.43. The van der Waals surface area contributed by atoms with Gasteiger partial charge >= 0.3 is 6.18 Å². The molecule has 3 rings (SSSR count). The van der Waals surface area contributed by atoms with Gasteiger partial charge in [0.2, 0.25) is 11.7 Å². The van der Waals surface area contributed by atoms with Gasteiger partial charge in [0.1, 0.15) is 0 Å². The molecule has 1 aliphatic heterocycles. The fourth-order valence-corrected chi connectivity index (χ4v) is 3.43. The van der Waals surface area contributed by atoms with Gasteiger partial charge in [0, 0.05) is 19.0 Å². The van der Waals surface area contributed by atoms with Crippen molar-refractivity contribution >= 4 is 5.91 Å². The predicted molar refractivity (Wildman–Crippen MR) is 70.3 cm³/mol. The molecule has 0 spiro atoms. The van der Waals surface area contributed by atoms with Crippen LogP contribution in [0.2, 0.25) is 0 Å². The van der Waals surface area contributed by atoms with Crippen LogP contribution < -0.4 is 5.73 Å². The molecule has 1 aromatic rings. The molecule has 1 fully saturated rings. The first-order valence-corrected chi connectivity index (χ1v) is 7.40. The number of hydrogen-bond donors (Lipinski definition) is 1. The van der Waals surface area contributed by atoms with Gasteiger partial charge in [0.25, 0.3) is 0 Å². The Morgan fingerprint density at radius 3 is 2.73 bits per heavy atom. The number of fused-ring (bicyclic) bond motifs is 1. The van der Waals surface area contributed by atoms with Gasteiger partial charge in [-0.1, -0.05) is 6.42 Å². The third-order valence-corrected chi connectivity index (χ3v) is 4.60. The number of nitrogens with two attached hydrogens (primary N) is 1. The summed E-state index contributed by atoms with van der Waals surface area (Å²) in [5.74, 6) is -0.750. The Kier molecular flexibility index (Phi) is 3.84. The molecule has 1 amide bonds. The molecule has 0 bridgehead atoms. The summed E-state index contributed by atoms with van der Waals surface area (Å²) < 4.78 is 39.4. The smallest absolute Gasteiger partial charge is 0.333 e. The van der Waals surface area contributed by atoms with Crippen LogP contribution in [0.1, 0.15) is 30.9 Å². The number of carbonyl (C=O) groups excluding carboxylic acids is 1. The monoisotopic (exact) mass is 317 g/mol. The normalized spacial score (nSPS) is 25.4. The number of rotatable bonds is 2. The van der Waals surface area contributed by atoms with Crippen LogP contribution in [0.5, 0.6) is 0 Å². The highest BCUT2D eigenvalue weighted by Gasteiger charge is 2.41. The summed E-state index contributed by atoms with van der Waals surface area (Å²) in [5, 5.41) is 6.82. The van der Waals surface area contributed by atoms with Crippen LogP contribution in [0.25, 0.3) is 0 Å². The lowest BCUT2D eigenvalue weighted by Gasteiger charge is -2.31. The number of amides is 1. The summed E-state index contributed by atoms with van der Waals surface area (Å²) in [6.07, 6.45) is -1.80. The molecule has 2 atom stereocenters. The Morgan fingerprint density at radius 1 is 1.27 bits per heavy atom. The van der Waals surface area contributed by atoms with Crippen molar-refractivity contribution in [1.29, 1.82) is 0 Å². The number of nitrogens with zero attached hydrogens (tertiary/aromatic N) is 4. The van der Waals surface area contributed by atoms with Crippen molar-refractivity contribution in [3.05, 3.63) is 11.6 Å². The molecule has 2 N–H and O–H groups in total. The first-order valence-electron chi connectivity index (χ1n) is 7.40. The van der Waals surface area contributed by atoms with Crippen LogP contribution in [0.4, 0.5) is 13.2 Å². The first kappa shape index (κ1) is 15.3. The van der Waals surface area contributed by atoms with Gasteiger partial charge in [-0.05, 0) is 25.3 Å². The van der Waals surface area contributed by atoms with Crippen molar-refractivity contribution in [2.24, 2.45) is 17.6 Å². The highest BCUT2D eigenvalue weighted by Crippen LogP contribution is 2.34. The molecule has 9 heteroatoms. The molecular formula is C13H18F3N5O. The molecule has 1 saturated carbocycles. The Labute approximate surface area is 125 Å². The average Bonchev–Trinajstić information content (AvgIpc) is 3.11. The minimum Gasteiger partial charge on any atom is -0.333 e. The lowest BCUT2D eigenvalue weighted by molar-refractivity contribution is -0.148. The molecule has 22 heavy (non-hydrogen) atoms. The second kappa shape index (κ2) is 5.53. The van der Waals surface area contributed by atoms with E-state index in [4.69, 9.17) is 5.73 Å². The maximum absolute atomic E-state index is 12.8. The molecular weight excluding hydrogens is 299 g/mol. The second-order valence-corrected chi connectivity index (χ2v) is 5.88. The third-order valence-electron chi connectivity index (χ3n) is 4.60. The van der Waals surface area contributed by atoms with Gasteiger partial charge in [-0.25, -0.2) is 0 Å². The van der Waals surface area contributed by atoms with Crippen molar-refractivity contribution in [3.63, 3.8) is 0 Å². The number of alkyl halides is 3. The lowest BCUT2D eigenvalue weighted by atomic mass is 9.94. The molecule has 0 unspecified atom stereocenters. The molecule has 0 radical (unpaired) electrons. The van der Waals surface area contributed by atoms with E-state index in [9.17, 15) is 18.0 Å². The van der Waals surface area contributed by atoms with Crippen LogP contribution in [0, 0.1) is 11.8 Å². The van der Waals surface area contributed by atoms with E-state index in [1.54, 1.807) is 4.90 Å². The number of hydrogen-bond acceptors (Lipinski definition) is 4. The predicted octanol–water partition coefficient (Wildman–Crippen LogP) is 1.01. The minimum atomic E-state index is -4.52. The Balaban J connectivity index is 1.75. The zero-order valence-corrected chi connectivity index (χ0v) is 12.0. The van der Waals surface area contributed by atoms with Gasteiger partial charge in [-0.15, -0.1) is 10.2 Å². The van der Waals surface area contributed by atoms with E-state index in [2.05, 4.69) is 10.2 Å². The van der Waals surface area contributed by atoms with E-state index in [0.29, 0.717) is 6.54 Å². The van der Waals surface area contributed by atoms with Gasteiger partial charge < -0.3 is 15.2 Å². The maximum atomic E-state index is 12.8. The van der Waals surface area contributed by atoms with E-state index in [-0.39, 0.29) is 43.2 Å². The highest BCUT2D eigenvalue weighted by atomic mass is 19.4. The molecule has 0 saturated heterocycles. The average molecular weight is 317 g/mol. The quantitative estimate of drug-likeness (QED) is 0.883. The van der Waals surface area contributed by atoms with Crippen LogP contribution in [-0.2, 0) is 24.1 Å². The molecule has 1 aromatic heterocycles. The van der Waals surface area contributed by atoms with Crippen LogP contribution >= 0.6 is 0 Å². The standard InChI is InChI=1S/C13H18F3N5O/c14-13(15,16)12-19-18-10-7-20(4-5-21(10)12)11(22)9-3-1-2-8(9)6-17/h8-9H,1-7,17H2/t8-,9-/m1/s1. The summed E-state index contributed by atoms with van der Waals surface area (Å²) in [7, 11) is 0. The molecule has 1 aliphatic carbocycles. The Bertz CT molecular complexity index is 571. The van der Waals surface area contributed by atoms with Gasteiger partial charge in [-0.3, -0.25) is 4.79 Å². The third kappa shape index (κ3) is 2.57. The summed E-state index contributed by atoms with van der Waals surface area (Å²) in [6.45, 7) is 0.873. The van der Waals surface area contributed by atoms with Crippen molar-refractivity contribution in [3.8, 4) is 0 Å². The number of carbonyl (C=O) groups is 1. The van der Waals surface area contributed by atoms with Crippen molar-refractivity contribution in [2.75, 3.05) is 13.1 Å². The molecule has 122 valence electrons. The molecule has 2 heterocycles. The fourth-order valence-electron chi connectivity index (χ4n) is 3.43. The van der Waals surface area contributed by atoms with E-state index in [0.717, 1.165) is 23.8 Å². The molecule has 2 aliphatic rings. The van der Waals surface area contributed by atoms with Crippen LogP contribution in [0.15, 0.2) is 0 Å². The van der Waals surface area contributed by atoms with Crippen molar-refractivity contribution in [1.82, 2.24) is 19.7 Å². The number of halogens is 3. The zero-order valence-electron chi connectivity index (χ0n) is 12.0. The van der Waals surface area contributed by atoms with Gasteiger partial charge in [0.15, 0.2) is 5.82 Å². The first-order chi connectivity index (χ1) is 10.4. The Morgan fingerprint density at radius 2 is 2.05 bits per heavy atom. The SMILES string of the molecule is NC[C@H]1CCC[C@H]1C(=O)N1CCn2c(nnc2C(F)(F)F)C1. The van der Waals surface area contributed by atoms with Gasteiger partial charge in [-0.2, -0.15) is 13.2 Å². The molecule has 0 aromatic carbocycles.